The first-order valence-electron chi connectivity index (χ1n) is 5.87. The Morgan fingerprint density at radius 2 is 2.28 bits per heavy atom. The van der Waals surface area contributed by atoms with Crippen molar-refractivity contribution in [3.63, 3.8) is 0 Å². The van der Waals surface area contributed by atoms with E-state index in [2.05, 4.69) is 21.4 Å². The monoisotopic (exact) mass is 259 g/mol. The van der Waals surface area contributed by atoms with Crippen molar-refractivity contribution in [3.05, 3.63) is 45.7 Å². The van der Waals surface area contributed by atoms with E-state index in [9.17, 15) is 4.79 Å². The molecule has 4 nitrogen and oxygen atoms in total. The van der Waals surface area contributed by atoms with Crippen LogP contribution in [0.5, 0.6) is 0 Å². The van der Waals surface area contributed by atoms with Crippen LogP contribution < -0.4 is 0 Å². The standard InChI is InChI=1S/C13H13N3OS/c1-9-6-15-11(7-14-9)13(17)16-4-2-12-10(8-16)3-5-18-12/h3,5-7H,2,4,8H2,1H3. The van der Waals surface area contributed by atoms with Gasteiger partial charge in [-0.15, -0.1) is 11.3 Å². The van der Waals surface area contributed by atoms with Crippen molar-refractivity contribution in [1.29, 1.82) is 0 Å². The summed E-state index contributed by atoms with van der Waals surface area (Å²) in [5, 5.41) is 2.09. The molecule has 0 bridgehead atoms. The first-order chi connectivity index (χ1) is 8.74. The van der Waals surface area contributed by atoms with E-state index < -0.39 is 0 Å². The zero-order valence-electron chi connectivity index (χ0n) is 10.1. The van der Waals surface area contributed by atoms with Crippen LogP contribution in [0.4, 0.5) is 0 Å². The first-order valence-corrected chi connectivity index (χ1v) is 6.75. The van der Waals surface area contributed by atoms with Gasteiger partial charge in [0.1, 0.15) is 5.69 Å². The molecule has 0 atom stereocenters. The third-order valence-electron chi connectivity index (χ3n) is 3.09. The van der Waals surface area contributed by atoms with Gasteiger partial charge in [0.15, 0.2) is 0 Å². The number of hydrogen-bond donors (Lipinski definition) is 0. The van der Waals surface area contributed by atoms with Gasteiger partial charge in [0.25, 0.3) is 5.91 Å². The number of thiophene rings is 1. The minimum atomic E-state index is -0.0284. The maximum atomic E-state index is 12.3. The van der Waals surface area contributed by atoms with Crippen LogP contribution in [0.15, 0.2) is 23.8 Å². The Balaban J connectivity index is 1.80. The average Bonchev–Trinajstić information content (AvgIpc) is 2.86. The minimum Gasteiger partial charge on any atom is -0.333 e. The quantitative estimate of drug-likeness (QED) is 0.787. The van der Waals surface area contributed by atoms with Gasteiger partial charge in [-0.1, -0.05) is 0 Å². The smallest absolute Gasteiger partial charge is 0.274 e. The third kappa shape index (κ3) is 2.01. The van der Waals surface area contributed by atoms with Crippen molar-refractivity contribution in [3.8, 4) is 0 Å². The van der Waals surface area contributed by atoms with Crippen LogP contribution in [0, 0.1) is 6.92 Å². The number of aryl methyl sites for hydroxylation is 1. The van der Waals surface area contributed by atoms with E-state index in [1.807, 2.05) is 11.8 Å². The van der Waals surface area contributed by atoms with Crippen molar-refractivity contribution in [2.75, 3.05) is 6.54 Å². The number of fused-ring (bicyclic) bond motifs is 1. The fourth-order valence-electron chi connectivity index (χ4n) is 2.09. The highest BCUT2D eigenvalue weighted by molar-refractivity contribution is 7.10. The second-order valence-corrected chi connectivity index (χ2v) is 5.39. The van der Waals surface area contributed by atoms with Gasteiger partial charge in [0, 0.05) is 24.2 Å². The molecule has 0 N–H and O–H groups in total. The minimum absolute atomic E-state index is 0.0284. The number of nitrogens with zero attached hydrogens (tertiary/aromatic N) is 3. The fourth-order valence-corrected chi connectivity index (χ4v) is 2.98. The van der Waals surface area contributed by atoms with Gasteiger partial charge in [-0.05, 0) is 30.4 Å². The molecule has 3 rings (SSSR count). The average molecular weight is 259 g/mol. The molecule has 1 aliphatic heterocycles. The van der Waals surface area contributed by atoms with Gasteiger partial charge >= 0.3 is 0 Å². The summed E-state index contributed by atoms with van der Waals surface area (Å²) in [6.07, 6.45) is 4.13. The number of rotatable bonds is 1. The molecule has 2 aromatic heterocycles. The Labute approximate surface area is 109 Å². The molecule has 92 valence electrons. The molecule has 0 saturated heterocycles. The van der Waals surface area contributed by atoms with Gasteiger partial charge in [0.2, 0.25) is 0 Å². The molecular formula is C13H13N3OS. The van der Waals surface area contributed by atoms with E-state index in [1.54, 1.807) is 23.7 Å². The van der Waals surface area contributed by atoms with Crippen LogP contribution in [-0.4, -0.2) is 27.3 Å². The van der Waals surface area contributed by atoms with E-state index in [0.717, 1.165) is 18.7 Å². The van der Waals surface area contributed by atoms with E-state index in [4.69, 9.17) is 0 Å². The Morgan fingerprint density at radius 3 is 3.06 bits per heavy atom. The zero-order chi connectivity index (χ0) is 12.5. The molecule has 0 radical (unpaired) electrons. The molecule has 0 aliphatic carbocycles. The fraction of sp³-hybridized carbons (Fsp3) is 0.308. The lowest BCUT2D eigenvalue weighted by molar-refractivity contribution is 0.0729. The number of hydrogen-bond acceptors (Lipinski definition) is 4. The summed E-state index contributed by atoms with van der Waals surface area (Å²) in [5.41, 5.74) is 2.52. The summed E-state index contributed by atoms with van der Waals surface area (Å²) in [5.74, 6) is -0.0284. The van der Waals surface area contributed by atoms with Crippen LogP contribution in [-0.2, 0) is 13.0 Å². The maximum absolute atomic E-state index is 12.3. The molecule has 2 aromatic rings. The molecule has 1 amide bonds. The molecule has 5 heteroatoms. The van der Waals surface area contributed by atoms with Crippen LogP contribution in [0.3, 0.4) is 0 Å². The molecule has 0 unspecified atom stereocenters. The molecule has 0 aromatic carbocycles. The summed E-state index contributed by atoms with van der Waals surface area (Å²) in [6.45, 7) is 3.31. The predicted molar refractivity (Wildman–Crippen MR) is 69.5 cm³/mol. The van der Waals surface area contributed by atoms with Crippen LogP contribution in [0.25, 0.3) is 0 Å². The van der Waals surface area contributed by atoms with Crippen LogP contribution >= 0.6 is 11.3 Å². The van der Waals surface area contributed by atoms with Gasteiger partial charge in [-0.25, -0.2) is 4.98 Å². The van der Waals surface area contributed by atoms with Crippen molar-refractivity contribution < 1.29 is 4.79 Å². The molecule has 0 spiro atoms. The Morgan fingerprint density at radius 1 is 1.39 bits per heavy atom. The summed E-state index contributed by atoms with van der Waals surface area (Å²) in [7, 11) is 0. The molecule has 18 heavy (non-hydrogen) atoms. The second kappa shape index (κ2) is 4.49. The summed E-state index contributed by atoms with van der Waals surface area (Å²) >= 11 is 1.77. The largest absolute Gasteiger partial charge is 0.333 e. The normalized spacial score (nSPS) is 14.4. The van der Waals surface area contributed by atoms with E-state index >= 15 is 0 Å². The lowest BCUT2D eigenvalue weighted by Gasteiger charge is -2.26. The first kappa shape index (κ1) is 11.3. The van der Waals surface area contributed by atoms with E-state index in [1.165, 1.54) is 10.4 Å². The molecule has 3 heterocycles. The summed E-state index contributed by atoms with van der Waals surface area (Å²) in [6, 6.07) is 2.10. The lowest BCUT2D eigenvalue weighted by atomic mass is 10.1. The molecule has 0 fully saturated rings. The summed E-state index contributed by atoms with van der Waals surface area (Å²) in [4.78, 5) is 23.8. The molecule has 0 saturated carbocycles. The number of carbonyl (C=O) groups is 1. The van der Waals surface area contributed by atoms with Crippen LogP contribution in [0.2, 0.25) is 0 Å². The lowest BCUT2D eigenvalue weighted by Crippen LogP contribution is -2.35. The highest BCUT2D eigenvalue weighted by Gasteiger charge is 2.23. The predicted octanol–water partition coefficient (Wildman–Crippen LogP) is 2.05. The SMILES string of the molecule is Cc1cnc(C(=O)N2CCc3sccc3C2)cn1. The molecule has 1 aliphatic rings. The van der Waals surface area contributed by atoms with Crippen molar-refractivity contribution in [1.82, 2.24) is 14.9 Å². The van der Waals surface area contributed by atoms with E-state index in [-0.39, 0.29) is 5.91 Å². The topological polar surface area (TPSA) is 46.1 Å². The van der Waals surface area contributed by atoms with Gasteiger partial charge in [-0.3, -0.25) is 9.78 Å². The summed E-state index contributed by atoms with van der Waals surface area (Å²) < 4.78 is 0. The van der Waals surface area contributed by atoms with Crippen molar-refractivity contribution >= 4 is 17.2 Å². The zero-order valence-corrected chi connectivity index (χ0v) is 10.9. The highest BCUT2D eigenvalue weighted by atomic mass is 32.1. The number of aromatic nitrogens is 2. The van der Waals surface area contributed by atoms with Crippen molar-refractivity contribution in [2.24, 2.45) is 0 Å². The molecular weight excluding hydrogens is 246 g/mol. The van der Waals surface area contributed by atoms with E-state index in [0.29, 0.717) is 12.2 Å². The maximum Gasteiger partial charge on any atom is 0.274 e. The Bertz CT molecular complexity index is 576. The van der Waals surface area contributed by atoms with Gasteiger partial charge < -0.3 is 4.90 Å². The number of carbonyl (C=O) groups excluding carboxylic acids is 1. The van der Waals surface area contributed by atoms with Gasteiger partial charge in [-0.2, -0.15) is 0 Å². The van der Waals surface area contributed by atoms with Gasteiger partial charge in [0.05, 0.1) is 11.9 Å². The Hall–Kier alpha value is -1.75. The Kier molecular flexibility index (Phi) is 2.83. The third-order valence-corrected chi connectivity index (χ3v) is 4.12. The van der Waals surface area contributed by atoms with Crippen molar-refractivity contribution in [2.45, 2.75) is 19.9 Å². The highest BCUT2D eigenvalue weighted by Crippen LogP contribution is 2.24. The second-order valence-electron chi connectivity index (χ2n) is 4.39. The van der Waals surface area contributed by atoms with Crippen LogP contribution in [0.1, 0.15) is 26.6 Å². The number of amides is 1.